The lowest BCUT2D eigenvalue weighted by molar-refractivity contribution is 0.131. The molecule has 2 unspecified atom stereocenters. The van der Waals surface area contributed by atoms with Crippen molar-refractivity contribution in [1.82, 2.24) is 10.3 Å². The van der Waals surface area contributed by atoms with Gasteiger partial charge in [0.25, 0.3) is 0 Å². The summed E-state index contributed by atoms with van der Waals surface area (Å²) in [6, 6.07) is 10.6. The molecule has 0 radical (unpaired) electrons. The lowest BCUT2D eigenvalue weighted by Crippen LogP contribution is -2.27. The van der Waals surface area contributed by atoms with Gasteiger partial charge in [0.15, 0.2) is 0 Å². The molecule has 0 saturated heterocycles. The number of aliphatic hydroxyl groups excluding tert-OH is 1. The maximum atomic E-state index is 9.81. The molecule has 1 saturated carbocycles. The SMILES string of the molecule is Cc1ccc2cc(CNCC3CCCC3O)ccc2n1. The maximum absolute atomic E-state index is 9.81. The predicted molar refractivity (Wildman–Crippen MR) is 81.5 cm³/mol. The number of aryl methyl sites for hydroxylation is 1. The number of aromatic nitrogens is 1. The third-order valence-corrected chi connectivity index (χ3v) is 4.25. The van der Waals surface area contributed by atoms with Crippen LogP contribution in [0.5, 0.6) is 0 Å². The molecular weight excluding hydrogens is 248 g/mol. The molecule has 0 aliphatic heterocycles. The lowest BCUT2D eigenvalue weighted by Gasteiger charge is -2.15. The Morgan fingerprint density at radius 1 is 1.25 bits per heavy atom. The van der Waals surface area contributed by atoms with Gasteiger partial charge in [-0.2, -0.15) is 0 Å². The van der Waals surface area contributed by atoms with Crippen LogP contribution in [0, 0.1) is 12.8 Å². The topological polar surface area (TPSA) is 45.1 Å². The standard InChI is InChI=1S/C17H22N2O/c1-12-5-7-14-9-13(6-8-16(14)19-12)10-18-11-15-3-2-4-17(15)20/h5-9,15,17-18,20H,2-4,10-11H2,1H3. The van der Waals surface area contributed by atoms with E-state index in [0.717, 1.165) is 43.6 Å². The quantitative estimate of drug-likeness (QED) is 0.898. The van der Waals surface area contributed by atoms with Gasteiger partial charge < -0.3 is 10.4 Å². The number of aliphatic hydroxyl groups is 1. The molecule has 1 aliphatic carbocycles. The molecule has 0 amide bonds. The van der Waals surface area contributed by atoms with Crippen molar-refractivity contribution in [1.29, 1.82) is 0 Å². The van der Waals surface area contributed by atoms with Gasteiger partial charge in [-0.05, 0) is 49.4 Å². The molecule has 2 N–H and O–H groups in total. The minimum absolute atomic E-state index is 0.105. The third kappa shape index (κ3) is 3.00. The van der Waals surface area contributed by atoms with Gasteiger partial charge in [0.1, 0.15) is 0 Å². The number of hydrogen-bond acceptors (Lipinski definition) is 3. The van der Waals surface area contributed by atoms with Crippen LogP contribution in [0.3, 0.4) is 0 Å². The molecule has 20 heavy (non-hydrogen) atoms. The molecule has 2 aromatic rings. The summed E-state index contributed by atoms with van der Waals surface area (Å²) in [4.78, 5) is 4.52. The van der Waals surface area contributed by atoms with Crippen molar-refractivity contribution < 1.29 is 5.11 Å². The Labute approximate surface area is 120 Å². The number of fused-ring (bicyclic) bond motifs is 1. The normalized spacial score (nSPS) is 22.5. The van der Waals surface area contributed by atoms with Gasteiger partial charge in [0, 0.05) is 24.2 Å². The summed E-state index contributed by atoms with van der Waals surface area (Å²) >= 11 is 0. The summed E-state index contributed by atoms with van der Waals surface area (Å²) in [6.45, 7) is 3.78. The van der Waals surface area contributed by atoms with Crippen LogP contribution < -0.4 is 5.32 Å². The largest absolute Gasteiger partial charge is 0.393 e. The second-order valence-corrected chi connectivity index (χ2v) is 5.87. The zero-order valence-corrected chi connectivity index (χ0v) is 12.0. The van der Waals surface area contributed by atoms with E-state index in [0.29, 0.717) is 5.92 Å². The highest BCUT2D eigenvalue weighted by Crippen LogP contribution is 2.24. The fourth-order valence-corrected chi connectivity index (χ4v) is 3.04. The monoisotopic (exact) mass is 270 g/mol. The van der Waals surface area contributed by atoms with Crippen molar-refractivity contribution in [3.8, 4) is 0 Å². The van der Waals surface area contributed by atoms with E-state index in [1.165, 1.54) is 10.9 Å². The van der Waals surface area contributed by atoms with E-state index in [9.17, 15) is 5.11 Å². The Bertz CT molecular complexity index is 597. The molecular formula is C17H22N2O. The highest BCUT2D eigenvalue weighted by atomic mass is 16.3. The van der Waals surface area contributed by atoms with Gasteiger partial charge in [-0.25, -0.2) is 0 Å². The Balaban J connectivity index is 1.61. The van der Waals surface area contributed by atoms with Crippen LogP contribution in [0.2, 0.25) is 0 Å². The molecule has 3 heteroatoms. The number of nitrogens with one attached hydrogen (secondary N) is 1. The van der Waals surface area contributed by atoms with Crippen LogP contribution in [0.1, 0.15) is 30.5 Å². The fraction of sp³-hybridized carbons (Fsp3) is 0.471. The van der Waals surface area contributed by atoms with Gasteiger partial charge in [0.2, 0.25) is 0 Å². The van der Waals surface area contributed by atoms with E-state index in [2.05, 4.69) is 40.6 Å². The summed E-state index contributed by atoms with van der Waals surface area (Å²) in [5.41, 5.74) is 3.38. The maximum Gasteiger partial charge on any atom is 0.0705 e. The van der Waals surface area contributed by atoms with E-state index in [-0.39, 0.29) is 6.10 Å². The molecule has 1 aromatic heterocycles. The second kappa shape index (κ2) is 5.90. The molecule has 1 aliphatic rings. The van der Waals surface area contributed by atoms with Crippen LogP contribution in [0.4, 0.5) is 0 Å². The van der Waals surface area contributed by atoms with Crippen molar-refractivity contribution in [2.75, 3.05) is 6.54 Å². The van der Waals surface area contributed by atoms with Crippen molar-refractivity contribution >= 4 is 10.9 Å². The highest BCUT2D eigenvalue weighted by Gasteiger charge is 2.24. The van der Waals surface area contributed by atoms with Crippen molar-refractivity contribution in [3.05, 3.63) is 41.6 Å². The first-order chi connectivity index (χ1) is 9.72. The number of rotatable bonds is 4. The molecule has 0 spiro atoms. The van der Waals surface area contributed by atoms with Gasteiger partial charge in [0.05, 0.1) is 11.6 Å². The number of nitrogens with zero attached hydrogens (tertiary/aromatic N) is 1. The first-order valence-electron chi connectivity index (χ1n) is 7.47. The lowest BCUT2D eigenvalue weighted by atomic mass is 10.1. The summed E-state index contributed by atoms with van der Waals surface area (Å²) < 4.78 is 0. The molecule has 0 bridgehead atoms. The average molecular weight is 270 g/mol. The Morgan fingerprint density at radius 2 is 2.15 bits per heavy atom. The van der Waals surface area contributed by atoms with Crippen molar-refractivity contribution in [3.63, 3.8) is 0 Å². The summed E-state index contributed by atoms with van der Waals surface area (Å²) in [6.07, 6.45) is 3.17. The van der Waals surface area contributed by atoms with Crippen LogP contribution in [-0.4, -0.2) is 22.7 Å². The summed E-state index contributed by atoms with van der Waals surface area (Å²) in [5.74, 6) is 0.430. The molecule has 3 rings (SSSR count). The van der Waals surface area contributed by atoms with Gasteiger partial charge in [-0.1, -0.05) is 18.6 Å². The Hall–Kier alpha value is -1.45. The third-order valence-electron chi connectivity index (χ3n) is 4.25. The number of benzene rings is 1. The molecule has 3 nitrogen and oxygen atoms in total. The van der Waals surface area contributed by atoms with E-state index < -0.39 is 0 Å². The number of pyridine rings is 1. The van der Waals surface area contributed by atoms with E-state index in [1.54, 1.807) is 0 Å². The van der Waals surface area contributed by atoms with Gasteiger partial charge in [-0.15, -0.1) is 0 Å². The first kappa shape index (κ1) is 13.5. The van der Waals surface area contributed by atoms with Crippen LogP contribution in [0.15, 0.2) is 30.3 Å². The zero-order chi connectivity index (χ0) is 13.9. The molecule has 2 atom stereocenters. The predicted octanol–water partition coefficient (Wildman–Crippen LogP) is 2.79. The fourth-order valence-electron chi connectivity index (χ4n) is 3.04. The Morgan fingerprint density at radius 3 is 2.95 bits per heavy atom. The second-order valence-electron chi connectivity index (χ2n) is 5.87. The molecule has 1 fully saturated rings. The van der Waals surface area contributed by atoms with Crippen LogP contribution in [-0.2, 0) is 6.54 Å². The first-order valence-corrected chi connectivity index (χ1v) is 7.47. The van der Waals surface area contributed by atoms with Crippen LogP contribution in [0.25, 0.3) is 10.9 Å². The van der Waals surface area contributed by atoms with E-state index >= 15 is 0 Å². The highest BCUT2D eigenvalue weighted by molar-refractivity contribution is 5.79. The van der Waals surface area contributed by atoms with Gasteiger partial charge >= 0.3 is 0 Å². The smallest absolute Gasteiger partial charge is 0.0705 e. The molecule has 1 heterocycles. The molecule has 1 aromatic carbocycles. The minimum Gasteiger partial charge on any atom is -0.393 e. The number of hydrogen-bond donors (Lipinski definition) is 2. The van der Waals surface area contributed by atoms with Crippen molar-refractivity contribution in [2.45, 2.75) is 38.8 Å². The average Bonchev–Trinajstić information content (AvgIpc) is 2.85. The zero-order valence-electron chi connectivity index (χ0n) is 12.0. The minimum atomic E-state index is -0.105. The van der Waals surface area contributed by atoms with Crippen molar-refractivity contribution in [2.24, 2.45) is 5.92 Å². The molecule has 106 valence electrons. The van der Waals surface area contributed by atoms with E-state index in [1.807, 2.05) is 6.92 Å². The Kier molecular flexibility index (Phi) is 3.99. The van der Waals surface area contributed by atoms with E-state index in [4.69, 9.17) is 0 Å². The summed E-state index contributed by atoms with van der Waals surface area (Å²) in [7, 11) is 0. The van der Waals surface area contributed by atoms with Gasteiger partial charge in [-0.3, -0.25) is 4.98 Å². The van der Waals surface area contributed by atoms with Crippen LogP contribution >= 0.6 is 0 Å². The summed E-state index contributed by atoms with van der Waals surface area (Å²) in [5, 5.41) is 14.5.